The van der Waals surface area contributed by atoms with Crippen LogP contribution in [0.1, 0.15) is 0 Å². The molecule has 0 spiro atoms. The van der Waals surface area contributed by atoms with E-state index in [4.69, 9.17) is 0 Å². The fourth-order valence-corrected chi connectivity index (χ4v) is 2.69. The van der Waals surface area contributed by atoms with Crippen molar-refractivity contribution in [3.63, 3.8) is 0 Å². The van der Waals surface area contributed by atoms with Crippen LogP contribution < -0.4 is 0 Å². The minimum Gasteiger partial charge on any atom is -0.210 e. The predicted molar refractivity (Wildman–Crippen MR) is 49.4 cm³/mol. The van der Waals surface area contributed by atoms with Crippen molar-refractivity contribution in [2.75, 3.05) is 0 Å². The summed E-state index contributed by atoms with van der Waals surface area (Å²) in [5.74, 6) is -2.28. The second-order valence-corrected chi connectivity index (χ2v) is 4.75. The van der Waals surface area contributed by atoms with Gasteiger partial charge < -0.3 is 0 Å². The van der Waals surface area contributed by atoms with Gasteiger partial charge in [-0.3, -0.25) is 0 Å². The molecule has 0 amide bonds. The molecule has 0 aliphatic heterocycles. The third-order valence-corrected chi connectivity index (χ3v) is 3.51. The summed E-state index contributed by atoms with van der Waals surface area (Å²) in [7, 11) is -4.48. The summed E-state index contributed by atoms with van der Waals surface area (Å²) in [6.07, 6.45) is 0.781. The normalized spacial score (nSPS) is 10.9. The predicted octanol–water partition coefficient (Wildman–Crippen LogP) is 1.75. The van der Waals surface area contributed by atoms with Crippen molar-refractivity contribution in [1.82, 2.24) is 0 Å². The highest BCUT2D eigenvalue weighted by atomic mass is 79.9. The zero-order valence-corrected chi connectivity index (χ0v) is 9.27. The van der Waals surface area contributed by atoms with Crippen molar-refractivity contribution in [1.29, 1.82) is 0 Å². The average Bonchev–Trinajstić information content (AvgIpc) is 1.99. The fourth-order valence-electron chi connectivity index (χ4n) is 0.870. The van der Waals surface area contributed by atoms with Crippen molar-refractivity contribution >= 4 is 32.0 Å². The van der Waals surface area contributed by atoms with Gasteiger partial charge in [0, 0.05) is 10.5 Å². The summed E-state index contributed by atoms with van der Waals surface area (Å²) < 4.78 is 50.1. The van der Waals surface area contributed by atoms with E-state index in [2.05, 4.69) is 20.3 Å². The SMILES string of the molecule is O=C=NS(=O)(=O)c1c(F)cc(F)cc1Br. The van der Waals surface area contributed by atoms with Crippen LogP contribution in [0.25, 0.3) is 0 Å². The lowest BCUT2D eigenvalue weighted by Gasteiger charge is -2.02. The summed E-state index contributed by atoms with van der Waals surface area (Å²) in [6.45, 7) is 0. The number of halogens is 3. The number of hydrogen-bond acceptors (Lipinski definition) is 3. The highest BCUT2D eigenvalue weighted by molar-refractivity contribution is 9.10. The monoisotopic (exact) mass is 297 g/mol. The molecule has 1 aromatic carbocycles. The Bertz CT molecular complexity index is 528. The molecular weight excluding hydrogens is 296 g/mol. The van der Waals surface area contributed by atoms with E-state index in [9.17, 15) is 22.0 Å². The lowest BCUT2D eigenvalue weighted by Crippen LogP contribution is -2.02. The van der Waals surface area contributed by atoms with E-state index < -0.39 is 26.6 Å². The van der Waals surface area contributed by atoms with Crippen LogP contribution in [0, 0.1) is 11.6 Å². The van der Waals surface area contributed by atoms with Crippen molar-refractivity contribution in [2.45, 2.75) is 4.90 Å². The molecule has 0 unspecified atom stereocenters. The van der Waals surface area contributed by atoms with Crippen LogP contribution in [0.5, 0.6) is 0 Å². The van der Waals surface area contributed by atoms with Gasteiger partial charge in [-0.15, -0.1) is 0 Å². The Morgan fingerprint density at radius 3 is 2.40 bits per heavy atom. The summed E-state index contributed by atoms with van der Waals surface area (Å²) in [5.41, 5.74) is 0. The van der Waals surface area contributed by atoms with Gasteiger partial charge in [-0.1, -0.05) is 4.40 Å². The quantitative estimate of drug-likeness (QED) is 0.617. The second kappa shape index (κ2) is 4.18. The number of benzene rings is 1. The lowest BCUT2D eigenvalue weighted by atomic mass is 10.3. The highest BCUT2D eigenvalue weighted by Crippen LogP contribution is 2.27. The van der Waals surface area contributed by atoms with Gasteiger partial charge in [-0.25, -0.2) is 13.6 Å². The Hall–Kier alpha value is -1.11. The van der Waals surface area contributed by atoms with Crippen LogP contribution in [0.2, 0.25) is 0 Å². The van der Waals surface area contributed by atoms with Gasteiger partial charge in [0.1, 0.15) is 16.5 Å². The fraction of sp³-hybridized carbons (Fsp3) is 0. The first-order valence-corrected chi connectivity index (χ1v) is 5.60. The van der Waals surface area contributed by atoms with Gasteiger partial charge in [0.15, 0.2) is 0 Å². The Morgan fingerprint density at radius 2 is 1.93 bits per heavy atom. The average molecular weight is 298 g/mol. The van der Waals surface area contributed by atoms with Crippen LogP contribution >= 0.6 is 15.9 Å². The third-order valence-electron chi connectivity index (χ3n) is 1.38. The molecule has 0 aromatic heterocycles. The van der Waals surface area contributed by atoms with E-state index >= 15 is 0 Å². The van der Waals surface area contributed by atoms with Crippen LogP contribution in [-0.2, 0) is 14.8 Å². The molecule has 15 heavy (non-hydrogen) atoms. The highest BCUT2D eigenvalue weighted by Gasteiger charge is 2.23. The number of hydrogen-bond donors (Lipinski definition) is 0. The summed E-state index contributed by atoms with van der Waals surface area (Å²) in [5, 5.41) is 0. The van der Waals surface area contributed by atoms with Gasteiger partial charge in [0.2, 0.25) is 0 Å². The maximum Gasteiger partial charge on any atom is 0.296 e. The molecule has 8 heteroatoms. The number of sulfonamides is 1. The minimum absolute atomic E-state index is 0.348. The lowest BCUT2D eigenvalue weighted by molar-refractivity contribution is 0.546. The van der Waals surface area contributed by atoms with E-state index in [0.29, 0.717) is 6.07 Å². The second-order valence-electron chi connectivity index (χ2n) is 2.36. The van der Waals surface area contributed by atoms with E-state index in [-0.39, 0.29) is 4.47 Å². The van der Waals surface area contributed by atoms with Crippen molar-refractivity contribution < 1.29 is 22.0 Å². The van der Waals surface area contributed by atoms with Gasteiger partial charge in [-0.05, 0) is 22.0 Å². The third kappa shape index (κ3) is 2.47. The van der Waals surface area contributed by atoms with Crippen molar-refractivity contribution in [3.8, 4) is 0 Å². The van der Waals surface area contributed by atoms with E-state index in [0.717, 1.165) is 12.1 Å². The molecule has 0 aliphatic carbocycles. The minimum atomic E-state index is -4.48. The number of isocyanates is 1. The molecule has 0 bridgehead atoms. The van der Waals surface area contributed by atoms with Gasteiger partial charge in [0.25, 0.3) is 16.1 Å². The molecule has 0 atom stereocenters. The maximum atomic E-state index is 13.1. The Balaban J connectivity index is 3.59. The zero-order chi connectivity index (χ0) is 11.6. The maximum absolute atomic E-state index is 13.1. The van der Waals surface area contributed by atoms with Crippen LogP contribution in [0.15, 0.2) is 25.9 Å². The molecule has 4 nitrogen and oxygen atoms in total. The van der Waals surface area contributed by atoms with Crippen LogP contribution in [0.3, 0.4) is 0 Å². The number of rotatable bonds is 2. The van der Waals surface area contributed by atoms with E-state index in [1.54, 1.807) is 0 Å². The van der Waals surface area contributed by atoms with E-state index in [1.807, 2.05) is 0 Å². The molecule has 1 aromatic rings. The Morgan fingerprint density at radius 1 is 1.33 bits per heavy atom. The van der Waals surface area contributed by atoms with Gasteiger partial charge >= 0.3 is 0 Å². The summed E-state index contributed by atoms with van der Waals surface area (Å²) >= 11 is 2.65. The topological polar surface area (TPSA) is 63.6 Å². The first-order chi connectivity index (χ1) is 6.88. The molecule has 0 radical (unpaired) electrons. The largest absolute Gasteiger partial charge is 0.296 e. The van der Waals surface area contributed by atoms with Crippen molar-refractivity contribution in [2.24, 2.45) is 4.40 Å². The van der Waals surface area contributed by atoms with Crippen molar-refractivity contribution in [3.05, 3.63) is 28.2 Å². The standard InChI is InChI=1S/C7H2BrF2NO3S/c8-5-1-4(9)2-6(10)7(5)15(13,14)11-3-12/h1-2H. The first-order valence-electron chi connectivity index (χ1n) is 3.37. The molecule has 0 N–H and O–H groups in total. The van der Waals surface area contributed by atoms with Crippen LogP contribution in [0.4, 0.5) is 8.78 Å². The number of nitrogens with zero attached hydrogens (tertiary/aromatic N) is 1. The van der Waals surface area contributed by atoms with Crippen LogP contribution in [-0.4, -0.2) is 14.5 Å². The zero-order valence-electron chi connectivity index (χ0n) is 6.87. The molecular formula is C7H2BrF2NO3S. The van der Waals surface area contributed by atoms with Gasteiger partial charge in [-0.2, -0.15) is 8.42 Å². The molecule has 0 saturated heterocycles. The molecule has 1 rings (SSSR count). The summed E-state index contributed by atoms with van der Waals surface area (Å²) in [4.78, 5) is 8.90. The molecule has 0 heterocycles. The Labute approximate surface area is 91.8 Å². The summed E-state index contributed by atoms with van der Waals surface area (Å²) in [6, 6.07) is 1.12. The first kappa shape index (κ1) is 12.0. The smallest absolute Gasteiger partial charge is 0.210 e. The molecule has 0 saturated carbocycles. The molecule has 80 valence electrons. The Kier molecular flexibility index (Phi) is 3.33. The molecule has 0 aliphatic rings. The van der Waals surface area contributed by atoms with Gasteiger partial charge in [0.05, 0.1) is 0 Å². The van der Waals surface area contributed by atoms with E-state index in [1.165, 1.54) is 0 Å². The molecule has 0 fully saturated rings. The number of carbonyl (C=O) groups excluding carboxylic acids is 1.